The quantitative estimate of drug-likeness (QED) is 0.891. The van der Waals surface area contributed by atoms with Crippen molar-refractivity contribution in [1.29, 1.82) is 0 Å². The van der Waals surface area contributed by atoms with Gasteiger partial charge in [-0.25, -0.2) is 0 Å². The van der Waals surface area contributed by atoms with E-state index in [2.05, 4.69) is 21.2 Å². The van der Waals surface area contributed by atoms with Gasteiger partial charge in [-0.2, -0.15) is 0 Å². The largest absolute Gasteiger partial charge is 0.497 e. The van der Waals surface area contributed by atoms with E-state index in [9.17, 15) is 4.79 Å². The molecule has 1 atom stereocenters. The molecule has 21 heavy (non-hydrogen) atoms. The molecule has 0 saturated heterocycles. The molecule has 0 heterocycles. The zero-order chi connectivity index (χ0) is 15.2. The van der Waals surface area contributed by atoms with Gasteiger partial charge in [0, 0.05) is 16.2 Å². The van der Waals surface area contributed by atoms with Crippen LogP contribution in [0.25, 0.3) is 0 Å². The van der Waals surface area contributed by atoms with Crippen LogP contribution in [0.1, 0.15) is 6.92 Å². The normalized spacial score (nSPS) is 11.6. The maximum Gasteiger partial charge on any atom is 0.265 e. The van der Waals surface area contributed by atoms with Crippen molar-refractivity contribution < 1.29 is 14.3 Å². The lowest BCUT2D eigenvalue weighted by Gasteiger charge is -2.15. The summed E-state index contributed by atoms with van der Waals surface area (Å²) in [6.07, 6.45) is -0.615. The van der Waals surface area contributed by atoms with Crippen LogP contribution in [0.4, 0.5) is 5.69 Å². The Morgan fingerprint density at radius 2 is 1.86 bits per heavy atom. The molecule has 0 fully saturated rings. The minimum atomic E-state index is -0.615. The average Bonchev–Trinajstić information content (AvgIpc) is 2.47. The summed E-state index contributed by atoms with van der Waals surface area (Å²) < 4.78 is 11.6. The van der Waals surface area contributed by atoms with Gasteiger partial charge in [0.05, 0.1) is 7.11 Å². The zero-order valence-electron chi connectivity index (χ0n) is 11.8. The van der Waals surface area contributed by atoms with Gasteiger partial charge in [-0.05, 0) is 37.3 Å². The number of carbonyl (C=O) groups excluding carboxylic acids is 1. The summed E-state index contributed by atoms with van der Waals surface area (Å²) in [7, 11) is 1.59. The van der Waals surface area contributed by atoms with Crippen molar-refractivity contribution in [3.8, 4) is 11.5 Å². The Hall–Kier alpha value is -2.01. The van der Waals surface area contributed by atoms with Crippen LogP contribution in [-0.2, 0) is 4.79 Å². The average molecular weight is 350 g/mol. The predicted octanol–water partition coefficient (Wildman–Crippen LogP) is 3.86. The van der Waals surface area contributed by atoms with Crippen LogP contribution in [0, 0.1) is 0 Å². The number of anilines is 1. The van der Waals surface area contributed by atoms with Crippen molar-refractivity contribution in [3.63, 3.8) is 0 Å². The van der Waals surface area contributed by atoms with Gasteiger partial charge in [-0.1, -0.05) is 28.1 Å². The second kappa shape index (κ2) is 7.13. The van der Waals surface area contributed by atoms with Crippen molar-refractivity contribution in [1.82, 2.24) is 0 Å². The maximum atomic E-state index is 12.1. The molecule has 0 radical (unpaired) electrons. The molecule has 5 heteroatoms. The smallest absolute Gasteiger partial charge is 0.265 e. The lowest BCUT2D eigenvalue weighted by atomic mass is 10.3. The van der Waals surface area contributed by atoms with Crippen molar-refractivity contribution >= 4 is 27.5 Å². The summed E-state index contributed by atoms with van der Waals surface area (Å²) >= 11 is 3.36. The van der Waals surface area contributed by atoms with Crippen molar-refractivity contribution in [2.24, 2.45) is 0 Å². The molecular formula is C16H16BrNO3. The molecule has 0 spiro atoms. The summed E-state index contributed by atoms with van der Waals surface area (Å²) in [5, 5.41) is 2.81. The Morgan fingerprint density at radius 1 is 1.14 bits per heavy atom. The molecule has 4 nitrogen and oxygen atoms in total. The highest BCUT2D eigenvalue weighted by Gasteiger charge is 2.15. The van der Waals surface area contributed by atoms with Crippen LogP contribution in [0.15, 0.2) is 53.0 Å². The van der Waals surface area contributed by atoms with Gasteiger partial charge >= 0.3 is 0 Å². The van der Waals surface area contributed by atoms with E-state index in [0.717, 1.165) is 10.2 Å². The lowest BCUT2D eigenvalue weighted by molar-refractivity contribution is -0.122. The number of methoxy groups -OCH3 is 1. The van der Waals surface area contributed by atoms with Gasteiger partial charge in [0.25, 0.3) is 5.91 Å². The number of hydrogen-bond acceptors (Lipinski definition) is 3. The number of ether oxygens (including phenoxy) is 2. The van der Waals surface area contributed by atoms with E-state index < -0.39 is 6.10 Å². The maximum absolute atomic E-state index is 12.1. The highest BCUT2D eigenvalue weighted by atomic mass is 79.9. The first-order valence-corrected chi connectivity index (χ1v) is 7.25. The Bertz CT molecular complexity index is 630. The van der Waals surface area contributed by atoms with E-state index in [1.807, 2.05) is 36.4 Å². The molecule has 0 bridgehead atoms. The third-order valence-corrected chi connectivity index (χ3v) is 3.31. The van der Waals surface area contributed by atoms with Crippen LogP contribution in [0.3, 0.4) is 0 Å². The molecule has 2 aromatic carbocycles. The fraction of sp³-hybridized carbons (Fsp3) is 0.188. The first-order valence-electron chi connectivity index (χ1n) is 6.45. The zero-order valence-corrected chi connectivity index (χ0v) is 13.4. The highest BCUT2D eigenvalue weighted by Crippen LogP contribution is 2.21. The molecule has 0 aliphatic heterocycles. The SMILES string of the molecule is COc1cccc(O[C@@H](C)C(=O)Nc2cccc(Br)c2)c1. The number of amides is 1. The molecule has 2 rings (SSSR count). The Kier molecular flexibility index (Phi) is 5.22. The third kappa shape index (κ3) is 4.49. The number of carbonyl (C=O) groups is 1. The number of benzene rings is 2. The van der Waals surface area contributed by atoms with Gasteiger partial charge in [-0.3, -0.25) is 4.79 Å². The standard InChI is InChI=1S/C16H16BrNO3/c1-11(21-15-8-4-7-14(10-15)20-2)16(19)18-13-6-3-5-12(17)9-13/h3-11H,1-2H3,(H,18,19)/t11-/m0/s1. The summed E-state index contributed by atoms with van der Waals surface area (Å²) in [5.74, 6) is 1.06. The lowest BCUT2D eigenvalue weighted by Crippen LogP contribution is -2.30. The summed E-state index contributed by atoms with van der Waals surface area (Å²) in [5.41, 5.74) is 0.718. The fourth-order valence-corrected chi connectivity index (χ4v) is 2.14. The number of rotatable bonds is 5. The van der Waals surface area contributed by atoms with Gasteiger partial charge in [0.2, 0.25) is 0 Å². The summed E-state index contributed by atoms with van der Waals surface area (Å²) in [4.78, 5) is 12.1. The molecule has 1 amide bonds. The first-order chi connectivity index (χ1) is 10.1. The molecule has 1 N–H and O–H groups in total. The van der Waals surface area contributed by atoms with Crippen molar-refractivity contribution in [3.05, 3.63) is 53.0 Å². The van der Waals surface area contributed by atoms with Gasteiger partial charge in [-0.15, -0.1) is 0 Å². The van der Waals surface area contributed by atoms with E-state index in [1.54, 1.807) is 26.2 Å². The summed E-state index contributed by atoms with van der Waals surface area (Å²) in [6.45, 7) is 1.70. The fourth-order valence-electron chi connectivity index (χ4n) is 1.74. The van der Waals surface area contributed by atoms with E-state index >= 15 is 0 Å². The van der Waals surface area contributed by atoms with Crippen LogP contribution in [-0.4, -0.2) is 19.1 Å². The van der Waals surface area contributed by atoms with Crippen LogP contribution >= 0.6 is 15.9 Å². The number of halogens is 1. The second-order valence-corrected chi connectivity index (χ2v) is 5.35. The molecule has 0 aromatic heterocycles. The van der Waals surface area contributed by atoms with Crippen molar-refractivity contribution in [2.45, 2.75) is 13.0 Å². The van der Waals surface area contributed by atoms with Crippen LogP contribution in [0.2, 0.25) is 0 Å². The molecule has 0 saturated carbocycles. The van der Waals surface area contributed by atoms with Gasteiger partial charge in [0.15, 0.2) is 6.10 Å². The van der Waals surface area contributed by atoms with E-state index in [-0.39, 0.29) is 5.91 Å². The Labute approximate surface area is 132 Å². The van der Waals surface area contributed by atoms with Gasteiger partial charge in [0.1, 0.15) is 11.5 Å². The van der Waals surface area contributed by atoms with Crippen molar-refractivity contribution in [2.75, 3.05) is 12.4 Å². The minimum Gasteiger partial charge on any atom is -0.497 e. The van der Waals surface area contributed by atoms with E-state index in [0.29, 0.717) is 11.5 Å². The van der Waals surface area contributed by atoms with E-state index in [1.165, 1.54) is 0 Å². The number of hydrogen-bond donors (Lipinski definition) is 1. The van der Waals surface area contributed by atoms with E-state index in [4.69, 9.17) is 9.47 Å². The highest BCUT2D eigenvalue weighted by molar-refractivity contribution is 9.10. The minimum absolute atomic E-state index is 0.212. The molecule has 110 valence electrons. The molecule has 0 aliphatic rings. The molecule has 2 aromatic rings. The van der Waals surface area contributed by atoms with Crippen LogP contribution < -0.4 is 14.8 Å². The molecule has 0 unspecified atom stereocenters. The predicted molar refractivity (Wildman–Crippen MR) is 85.9 cm³/mol. The number of nitrogens with one attached hydrogen (secondary N) is 1. The molecule has 0 aliphatic carbocycles. The Balaban J connectivity index is 1.99. The topological polar surface area (TPSA) is 47.6 Å². The van der Waals surface area contributed by atoms with Gasteiger partial charge < -0.3 is 14.8 Å². The second-order valence-electron chi connectivity index (χ2n) is 4.44. The van der Waals surface area contributed by atoms with Crippen LogP contribution in [0.5, 0.6) is 11.5 Å². The summed E-state index contributed by atoms with van der Waals surface area (Å²) in [6, 6.07) is 14.6. The Morgan fingerprint density at radius 3 is 2.57 bits per heavy atom. The monoisotopic (exact) mass is 349 g/mol. The third-order valence-electron chi connectivity index (χ3n) is 2.82. The molecular weight excluding hydrogens is 334 g/mol. The first kappa shape index (κ1) is 15.4.